The van der Waals surface area contributed by atoms with E-state index in [2.05, 4.69) is 175 Å². The van der Waals surface area contributed by atoms with E-state index in [4.69, 9.17) is 0 Å². The van der Waals surface area contributed by atoms with E-state index in [0.29, 0.717) is 0 Å². The molecule has 4 aromatic carbocycles. The van der Waals surface area contributed by atoms with Gasteiger partial charge in [0, 0.05) is 29.9 Å². The molecule has 0 radical (unpaired) electrons. The molecule has 0 atom stereocenters. The Morgan fingerprint density at radius 1 is 0.684 bits per heavy atom. The maximum atomic E-state index is 2.33. The normalized spacial score (nSPS) is 15.8. The molecular formula is C35H32N3+. The number of imidazole rings is 1. The molecule has 1 aromatic heterocycles. The van der Waals surface area contributed by atoms with Crippen molar-refractivity contribution in [1.29, 1.82) is 0 Å². The first-order chi connectivity index (χ1) is 18.6. The molecule has 38 heavy (non-hydrogen) atoms. The molecule has 1 aliphatic rings. The number of benzene rings is 4. The van der Waals surface area contributed by atoms with Gasteiger partial charge in [-0.3, -0.25) is 0 Å². The molecule has 3 heteroatoms. The lowest BCUT2D eigenvalue weighted by molar-refractivity contribution is -0.570. The third-order valence-electron chi connectivity index (χ3n) is 7.51. The molecule has 2 heterocycles. The molecule has 0 saturated carbocycles. The Balaban J connectivity index is 1.43. The van der Waals surface area contributed by atoms with Crippen LogP contribution in [0.5, 0.6) is 0 Å². The zero-order valence-corrected chi connectivity index (χ0v) is 22.1. The summed E-state index contributed by atoms with van der Waals surface area (Å²) in [6.07, 6.45) is 10.9. The highest BCUT2D eigenvalue weighted by Crippen LogP contribution is 2.46. The molecule has 0 N–H and O–H groups in total. The number of allylic oxidation sites excluding steroid dienone is 5. The second-order valence-electron chi connectivity index (χ2n) is 10.2. The highest BCUT2D eigenvalue weighted by atomic mass is 15.2. The fourth-order valence-corrected chi connectivity index (χ4v) is 5.69. The Labute approximate surface area is 224 Å². The molecule has 0 amide bonds. The molecule has 3 nitrogen and oxygen atoms in total. The average molecular weight is 495 g/mol. The lowest BCUT2D eigenvalue weighted by Crippen LogP contribution is -2.33. The Morgan fingerprint density at radius 3 is 2.11 bits per heavy atom. The second kappa shape index (κ2) is 9.68. The molecule has 0 bridgehead atoms. The average Bonchev–Trinajstić information content (AvgIpc) is 3.38. The van der Waals surface area contributed by atoms with E-state index in [1.807, 2.05) is 0 Å². The summed E-state index contributed by atoms with van der Waals surface area (Å²) >= 11 is 0. The van der Waals surface area contributed by atoms with Gasteiger partial charge in [0.05, 0.1) is 0 Å². The van der Waals surface area contributed by atoms with Gasteiger partial charge in [0.25, 0.3) is 5.82 Å². The Kier molecular flexibility index (Phi) is 6.05. The minimum atomic E-state index is -0.0323. The second-order valence-corrected chi connectivity index (χ2v) is 10.2. The van der Waals surface area contributed by atoms with Crippen LogP contribution in [0.1, 0.15) is 25.2 Å². The molecule has 186 valence electrons. The van der Waals surface area contributed by atoms with Gasteiger partial charge in [0.2, 0.25) is 0 Å². The molecule has 0 aliphatic carbocycles. The van der Waals surface area contributed by atoms with Crippen LogP contribution in [0.25, 0.3) is 28.5 Å². The van der Waals surface area contributed by atoms with Gasteiger partial charge in [-0.2, -0.15) is 9.13 Å². The van der Waals surface area contributed by atoms with Crippen molar-refractivity contribution >= 4 is 22.8 Å². The quantitative estimate of drug-likeness (QED) is 0.179. The van der Waals surface area contributed by atoms with Gasteiger partial charge in [0.1, 0.15) is 11.4 Å². The van der Waals surface area contributed by atoms with Crippen molar-refractivity contribution in [1.82, 2.24) is 4.57 Å². The fourth-order valence-electron chi connectivity index (χ4n) is 5.69. The third-order valence-corrected chi connectivity index (χ3v) is 7.51. The van der Waals surface area contributed by atoms with Gasteiger partial charge < -0.3 is 4.90 Å². The summed E-state index contributed by atoms with van der Waals surface area (Å²) < 4.78 is 4.66. The van der Waals surface area contributed by atoms with Crippen molar-refractivity contribution in [2.24, 2.45) is 0 Å². The van der Waals surface area contributed by atoms with Crippen LogP contribution in [0, 0.1) is 0 Å². The highest BCUT2D eigenvalue weighted by molar-refractivity contribution is 5.77. The van der Waals surface area contributed by atoms with Crippen LogP contribution in [0.2, 0.25) is 0 Å². The number of likely N-dealkylation sites (N-methyl/N-ethyl adjacent to an activating group) is 1. The number of anilines is 1. The number of aromatic nitrogens is 2. The van der Waals surface area contributed by atoms with Crippen molar-refractivity contribution in [2.45, 2.75) is 19.3 Å². The number of hydrogen-bond donors (Lipinski definition) is 0. The highest BCUT2D eigenvalue weighted by Gasteiger charge is 2.37. The minimum Gasteiger partial charge on any atom is -0.347 e. The van der Waals surface area contributed by atoms with Gasteiger partial charge in [-0.15, -0.1) is 0 Å². The van der Waals surface area contributed by atoms with E-state index in [-0.39, 0.29) is 5.41 Å². The lowest BCUT2D eigenvalue weighted by Gasteiger charge is -2.23. The maximum absolute atomic E-state index is 2.33. The van der Waals surface area contributed by atoms with Crippen LogP contribution in [0.3, 0.4) is 0 Å². The number of fused-ring (bicyclic) bond motifs is 2. The predicted molar refractivity (Wildman–Crippen MR) is 159 cm³/mol. The molecule has 0 saturated heterocycles. The smallest absolute Gasteiger partial charge is 0.292 e. The van der Waals surface area contributed by atoms with Gasteiger partial charge in [-0.1, -0.05) is 98.8 Å². The summed E-state index contributed by atoms with van der Waals surface area (Å²) in [6, 6.07) is 38.4. The Morgan fingerprint density at radius 2 is 1.34 bits per heavy atom. The molecule has 5 aromatic rings. The summed E-state index contributed by atoms with van der Waals surface area (Å²) in [5, 5.41) is 0. The van der Waals surface area contributed by atoms with E-state index < -0.39 is 0 Å². The zero-order valence-electron chi connectivity index (χ0n) is 22.1. The van der Waals surface area contributed by atoms with Crippen LogP contribution < -0.4 is 9.47 Å². The third kappa shape index (κ3) is 3.97. The number of para-hydroxylation sites is 5. The number of nitrogens with zero attached hydrogens (tertiary/aromatic N) is 3. The first-order valence-corrected chi connectivity index (χ1v) is 13.1. The molecule has 6 rings (SSSR count). The Bertz CT molecular complexity index is 1610. The van der Waals surface area contributed by atoms with E-state index in [0.717, 1.165) is 17.2 Å². The summed E-state index contributed by atoms with van der Waals surface area (Å²) in [6.45, 7) is 4.60. The Hall–Kier alpha value is -4.63. The molecule has 0 fully saturated rings. The van der Waals surface area contributed by atoms with Crippen LogP contribution in [0.4, 0.5) is 5.69 Å². The summed E-state index contributed by atoms with van der Waals surface area (Å²) in [4.78, 5) is 2.31. The van der Waals surface area contributed by atoms with Gasteiger partial charge in [-0.05, 0) is 54.1 Å². The van der Waals surface area contributed by atoms with Crippen molar-refractivity contribution in [3.63, 3.8) is 0 Å². The largest absolute Gasteiger partial charge is 0.347 e. The first kappa shape index (κ1) is 23.7. The summed E-state index contributed by atoms with van der Waals surface area (Å²) in [7, 11) is 2.16. The monoisotopic (exact) mass is 494 g/mol. The SMILES string of the molecule is CN1/C(=C/C=C/C=C/c2n(-c3ccccc3)c3ccccc3[n+]2-c2ccccc2)C(C)(C)c2ccccc21. The van der Waals surface area contributed by atoms with E-state index in [1.54, 1.807) is 0 Å². The van der Waals surface area contributed by atoms with Crippen LogP contribution in [0.15, 0.2) is 139 Å². The van der Waals surface area contributed by atoms with Crippen LogP contribution in [-0.4, -0.2) is 11.6 Å². The molecular weight excluding hydrogens is 462 g/mol. The van der Waals surface area contributed by atoms with Crippen LogP contribution >= 0.6 is 0 Å². The van der Waals surface area contributed by atoms with Gasteiger partial charge >= 0.3 is 0 Å². The van der Waals surface area contributed by atoms with E-state index in [9.17, 15) is 0 Å². The predicted octanol–water partition coefficient (Wildman–Crippen LogP) is 7.79. The van der Waals surface area contributed by atoms with Crippen molar-refractivity contribution in [2.75, 3.05) is 11.9 Å². The minimum absolute atomic E-state index is 0.0323. The summed E-state index contributed by atoms with van der Waals surface area (Å²) in [5.41, 5.74) is 8.52. The lowest BCUT2D eigenvalue weighted by atomic mass is 9.84. The van der Waals surface area contributed by atoms with Gasteiger partial charge in [0.15, 0.2) is 11.0 Å². The van der Waals surface area contributed by atoms with Crippen molar-refractivity contribution < 1.29 is 4.57 Å². The molecule has 0 unspecified atom stereocenters. The number of rotatable bonds is 5. The van der Waals surface area contributed by atoms with E-state index in [1.165, 1.54) is 28.0 Å². The molecule has 1 aliphatic heterocycles. The molecule has 0 spiro atoms. The topological polar surface area (TPSA) is 12.1 Å². The zero-order chi connectivity index (χ0) is 26.1. The maximum Gasteiger partial charge on any atom is 0.292 e. The van der Waals surface area contributed by atoms with E-state index >= 15 is 0 Å². The fraction of sp³-hybridized carbons (Fsp3) is 0.114. The van der Waals surface area contributed by atoms with Gasteiger partial charge in [-0.25, -0.2) is 0 Å². The van der Waals surface area contributed by atoms with Crippen LogP contribution in [-0.2, 0) is 5.41 Å². The number of hydrogen-bond acceptors (Lipinski definition) is 1. The van der Waals surface area contributed by atoms with Crippen molar-refractivity contribution in [3.8, 4) is 11.4 Å². The first-order valence-electron chi connectivity index (χ1n) is 13.1. The summed E-state index contributed by atoms with van der Waals surface area (Å²) in [5.74, 6) is 1.09. The standard InChI is InChI=1S/C35H32N3/c1-35(2)29-21-13-14-22-30(29)36(3)33(35)25-11-6-12-26-34-37(27-17-7-4-8-18-27)31-23-15-16-24-32(31)38(34)28-19-9-5-10-20-28/h4-26H,1-3H3/q+1. The van der Waals surface area contributed by atoms with Crippen molar-refractivity contribution in [3.05, 3.63) is 151 Å².